The summed E-state index contributed by atoms with van der Waals surface area (Å²) in [4.78, 5) is 11.9. The van der Waals surface area contributed by atoms with E-state index < -0.39 is 0 Å². The van der Waals surface area contributed by atoms with Gasteiger partial charge >= 0.3 is 0 Å². The molecule has 0 aromatic heterocycles. The summed E-state index contributed by atoms with van der Waals surface area (Å²) >= 11 is 8.06. The third-order valence-corrected chi connectivity index (χ3v) is 4.40. The zero-order valence-corrected chi connectivity index (χ0v) is 13.7. The quantitative estimate of drug-likeness (QED) is 0.765. The van der Waals surface area contributed by atoms with Crippen LogP contribution in [0.15, 0.2) is 18.2 Å². The molecule has 3 nitrogen and oxygen atoms in total. The molecule has 0 bridgehead atoms. The normalized spacial score (nSPS) is 21.8. The van der Waals surface area contributed by atoms with Crippen molar-refractivity contribution in [1.29, 1.82) is 0 Å². The first-order valence-electron chi connectivity index (χ1n) is 6.45. The zero-order chi connectivity index (χ0) is 13.8. The predicted octanol–water partition coefficient (Wildman–Crippen LogP) is 4.09. The molecule has 0 unspecified atom stereocenters. The van der Waals surface area contributed by atoms with E-state index in [-0.39, 0.29) is 5.91 Å². The van der Waals surface area contributed by atoms with E-state index in [0.717, 1.165) is 28.7 Å². The monoisotopic (exact) mass is 393 g/mol. The van der Waals surface area contributed by atoms with Gasteiger partial charge in [0.1, 0.15) is 0 Å². The molecule has 1 aromatic carbocycles. The lowest BCUT2D eigenvalue weighted by Crippen LogP contribution is -2.33. The van der Waals surface area contributed by atoms with Gasteiger partial charge in [-0.2, -0.15) is 0 Å². The van der Waals surface area contributed by atoms with Gasteiger partial charge in [0.2, 0.25) is 5.91 Å². The number of halogens is 2. The van der Waals surface area contributed by atoms with Crippen molar-refractivity contribution in [2.45, 2.75) is 32.3 Å². The Bertz CT molecular complexity index is 461. The molecule has 1 N–H and O–H groups in total. The van der Waals surface area contributed by atoms with E-state index in [1.165, 1.54) is 0 Å². The number of amides is 1. The second-order valence-corrected chi connectivity index (χ2v) is 6.39. The van der Waals surface area contributed by atoms with Gasteiger partial charge in [0, 0.05) is 21.6 Å². The molecule has 1 aliphatic rings. The highest BCUT2D eigenvalue weighted by atomic mass is 127. The predicted molar refractivity (Wildman–Crippen MR) is 85.6 cm³/mol. The Balaban J connectivity index is 1.79. The number of anilines is 1. The molecule has 1 saturated carbocycles. The van der Waals surface area contributed by atoms with Gasteiger partial charge in [-0.3, -0.25) is 4.79 Å². The minimum absolute atomic E-state index is 0.0696. The Morgan fingerprint density at radius 2 is 2.26 bits per heavy atom. The van der Waals surface area contributed by atoms with Crippen molar-refractivity contribution in [2.75, 3.05) is 11.9 Å². The number of ether oxygens (including phenoxy) is 1. The fourth-order valence-electron chi connectivity index (χ4n) is 2.27. The molecule has 1 aliphatic carbocycles. The van der Waals surface area contributed by atoms with E-state index in [1.807, 2.05) is 19.1 Å². The number of rotatable bonds is 5. The number of benzene rings is 1. The molecule has 0 radical (unpaired) electrons. The Hall–Kier alpha value is -0.330. The van der Waals surface area contributed by atoms with Crippen LogP contribution in [0.3, 0.4) is 0 Å². The van der Waals surface area contributed by atoms with Crippen LogP contribution in [-0.2, 0) is 9.53 Å². The SMILES string of the molecule is CCOC1CC(CC(=O)Nc2ccc(Cl)cc2I)C1. The highest BCUT2D eigenvalue weighted by molar-refractivity contribution is 14.1. The lowest BCUT2D eigenvalue weighted by molar-refractivity contribution is -0.119. The van der Waals surface area contributed by atoms with E-state index >= 15 is 0 Å². The summed E-state index contributed by atoms with van der Waals surface area (Å²) < 4.78 is 6.45. The maximum absolute atomic E-state index is 11.9. The van der Waals surface area contributed by atoms with Crippen molar-refractivity contribution in [2.24, 2.45) is 5.92 Å². The number of nitrogens with one attached hydrogen (secondary N) is 1. The molecule has 5 heteroatoms. The van der Waals surface area contributed by atoms with Crippen LogP contribution in [0.25, 0.3) is 0 Å². The molecule has 1 aromatic rings. The third-order valence-electron chi connectivity index (χ3n) is 3.27. The number of hydrogen-bond donors (Lipinski definition) is 1. The summed E-state index contributed by atoms with van der Waals surface area (Å²) in [6, 6.07) is 5.46. The van der Waals surface area contributed by atoms with Gasteiger partial charge in [0.25, 0.3) is 0 Å². The topological polar surface area (TPSA) is 38.3 Å². The van der Waals surface area contributed by atoms with Gasteiger partial charge in [-0.15, -0.1) is 0 Å². The second kappa shape index (κ2) is 6.90. The van der Waals surface area contributed by atoms with Crippen molar-refractivity contribution < 1.29 is 9.53 Å². The fourth-order valence-corrected chi connectivity index (χ4v) is 3.27. The van der Waals surface area contributed by atoms with E-state index in [2.05, 4.69) is 27.9 Å². The first kappa shape index (κ1) is 15.1. The van der Waals surface area contributed by atoms with Crippen molar-refractivity contribution in [1.82, 2.24) is 0 Å². The van der Waals surface area contributed by atoms with Gasteiger partial charge in [0.15, 0.2) is 0 Å². The van der Waals surface area contributed by atoms with Crippen LogP contribution < -0.4 is 5.32 Å². The van der Waals surface area contributed by atoms with E-state index in [9.17, 15) is 4.79 Å². The van der Waals surface area contributed by atoms with Crippen molar-refractivity contribution in [3.8, 4) is 0 Å². The highest BCUT2D eigenvalue weighted by Crippen LogP contribution is 2.33. The van der Waals surface area contributed by atoms with Crippen LogP contribution in [0.1, 0.15) is 26.2 Å². The van der Waals surface area contributed by atoms with Gasteiger partial charge in [-0.05, 0) is 66.5 Å². The molecular weight excluding hydrogens is 377 g/mol. The zero-order valence-electron chi connectivity index (χ0n) is 10.8. The minimum Gasteiger partial charge on any atom is -0.378 e. The first-order valence-corrected chi connectivity index (χ1v) is 7.90. The molecule has 1 fully saturated rings. The van der Waals surface area contributed by atoms with Gasteiger partial charge in [-0.1, -0.05) is 11.6 Å². The molecule has 104 valence electrons. The summed E-state index contributed by atoms with van der Waals surface area (Å²) in [5.74, 6) is 0.529. The average molecular weight is 394 g/mol. The summed E-state index contributed by atoms with van der Waals surface area (Å²) in [5.41, 5.74) is 0.829. The number of carbonyl (C=O) groups excluding carboxylic acids is 1. The largest absolute Gasteiger partial charge is 0.378 e. The Morgan fingerprint density at radius 1 is 1.53 bits per heavy atom. The first-order chi connectivity index (χ1) is 9.08. The van der Waals surface area contributed by atoms with Crippen LogP contribution in [0.4, 0.5) is 5.69 Å². The number of hydrogen-bond acceptors (Lipinski definition) is 2. The van der Waals surface area contributed by atoms with Gasteiger partial charge in [-0.25, -0.2) is 0 Å². The van der Waals surface area contributed by atoms with Crippen molar-refractivity contribution >= 4 is 45.8 Å². The Morgan fingerprint density at radius 3 is 2.89 bits per heavy atom. The molecule has 0 heterocycles. The van der Waals surface area contributed by atoms with E-state index in [1.54, 1.807) is 6.07 Å². The maximum Gasteiger partial charge on any atom is 0.224 e. The van der Waals surface area contributed by atoms with E-state index in [0.29, 0.717) is 23.5 Å². The lowest BCUT2D eigenvalue weighted by atomic mass is 9.80. The summed E-state index contributed by atoms with van der Waals surface area (Å²) in [7, 11) is 0. The summed E-state index contributed by atoms with van der Waals surface area (Å²) in [6.07, 6.45) is 2.93. The fraction of sp³-hybridized carbons (Fsp3) is 0.500. The van der Waals surface area contributed by atoms with Crippen LogP contribution >= 0.6 is 34.2 Å². The molecular formula is C14H17ClINO2. The highest BCUT2D eigenvalue weighted by Gasteiger charge is 2.31. The minimum atomic E-state index is 0.0696. The summed E-state index contributed by atoms with van der Waals surface area (Å²) in [5, 5.41) is 3.62. The molecule has 2 rings (SSSR count). The van der Waals surface area contributed by atoms with Crippen LogP contribution in [0.2, 0.25) is 5.02 Å². The lowest BCUT2D eigenvalue weighted by Gasteiger charge is -2.34. The molecule has 0 atom stereocenters. The van der Waals surface area contributed by atoms with Crippen molar-refractivity contribution in [3.63, 3.8) is 0 Å². The van der Waals surface area contributed by atoms with Crippen molar-refractivity contribution in [3.05, 3.63) is 26.8 Å². The Kier molecular flexibility index (Phi) is 5.47. The molecule has 0 aliphatic heterocycles. The van der Waals surface area contributed by atoms with Crippen LogP contribution in [0.5, 0.6) is 0 Å². The maximum atomic E-state index is 11.9. The van der Waals surface area contributed by atoms with Gasteiger partial charge in [0.05, 0.1) is 11.8 Å². The van der Waals surface area contributed by atoms with Crippen LogP contribution in [-0.4, -0.2) is 18.6 Å². The molecule has 19 heavy (non-hydrogen) atoms. The van der Waals surface area contributed by atoms with Crippen LogP contribution in [0, 0.1) is 9.49 Å². The smallest absolute Gasteiger partial charge is 0.224 e. The third kappa shape index (κ3) is 4.33. The second-order valence-electron chi connectivity index (χ2n) is 4.79. The molecule has 0 spiro atoms. The standard InChI is InChI=1S/C14H17ClINO2/c1-2-19-11-5-9(6-11)7-14(18)17-13-4-3-10(15)8-12(13)16/h3-4,8-9,11H,2,5-7H2,1H3,(H,17,18). The Labute approximate surface area is 132 Å². The summed E-state index contributed by atoms with van der Waals surface area (Å²) in [6.45, 7) is 2.76. The number of carbonyl (C=O) groups is 1. The average Bonchev–Trinajstić information content (AvgIpc) is 2.30. The van der Waals surface area contributed by atoms with Gasteiger partial charge < -0.3 is 10.1 Å². The van der Waals surface area contributed by atoms with E-state index in [4.69, 9.17) is 16.3 Å². The molecule has 0 saturated heterocycles. The molecule has 1 amide bonds.